The van der Waals surface area contributed by atoms with E-state index in [2.05, 4.69) is 0 Å². The molecule has 1 heterocycles. The molecule has 1 aromatic carbocycles. The molecule has 0 spiro atoms. The van der Waals surface area contributed by atoms with E-state index in [1.54, 1.807) is 7.11 Å². The Morgan fingerprint density at radius 2 is 2.30 bits per heavy atom. The SMILES string of the molecule is COc1ccc2c(c1)O[C@H](COC[C@H](O)CO)C[C@@H]2N. The van der Waals surface area contributed by atoms with Gasteiger partial charge < -0.3 is 30.2 Å². The second kappa shape index (κ2) is 6.90. The number of aliphatic hydroxyl groups excluding tert-OH is 2. The van der Waals surface area contributed by atoms with Gasteiger partial charge in [0.1, 0.15) is 23.7 Å². The number of methoxy groups -OCH3 is 1. The summed E-state index contributed by atoms with van der Waals surface area (Å²) >= 11 is 0. The molecular weight excluding hydrogens is 262 g/mol. The quantitative estimate of drug-likeness (QED) is 0.691. The Hall–Kier alpha value is -1.34. The lowest BCUT2D eigenvalue weighted by atomic mass is 9.97. The van der Waals surface area contributed by atoms with E-state index in [1.807, 2.05) is 18.2 Å². The molecule has 1 aromatic rings. The third-order valence-corrected chi connectivity index (χ3v) is 3.26. The molecule has 0 amide bonds. The molecule has 1 aliphatic heterocycles. The van der Waals surface area contributed by atoms with Crippen LogP contribution < -0.4 is 15.2 Å². The summed E-state index contributed by atoms with van der Waals surface area (Å²) in [6, 6.07) is 5.47. The summed E-state index contributed by atoms with van der Waals surface area (Å²) in [4.78, 5) is 0. The lowest BCUT2D eigenvalue weighted by molar-refractivity contribution is -0.0241. The third kappa shape index (κ3) is 3.61. The molecule has 0 aliphatic carbocycles. The number of hydrogen-bond donors (Lipinski definition) is 3. The molecule has 0 saturated heterocycles. The highest BCUT2D eigenvalue weighted by Crippen LogP contribution is 2.35. The Balaban J connectivity index is 1.95. The molecule has 1 aliphatic rings. The van der Waals surface area contributed by atoms with E-state index < -0.39 is 6.10 Å². The van der Waals surface area contributed by atoms with Crippen LogP contribution in [0.2, 0.25) is 0 Å². The van der Waals surface area contributed by atoms with Crippen LogP contribution in [-0.2, 0) is 4.74 Å². The van der Waals surface area contributed by atoms with Crippen LogP contribution in [0.5, 0.6) is 11.5 Å². The molecule has 0 fully saturated rings. The molecule has 0 bridgehead atoms. The first kappa shape index (κ1) is 15.1. The van der Waals surface area contributed by atoms with Gasteiger partial charge in [0.25, 0.3) is 0 Å². The fraction of sp³-hybridized carbons (Fsp3) is 0.571. The highest BCUT2D eigenvalue weighted by molar-refractivity contribution is 5.43. The summed E-state index contributed by atoms with van der Waals surface area (Å²) in [6.45, 7) is 0.0864. The van der Waals surface area contributed by atoms with Crippen molar-refractivity contribution in [2.75, 3.05) is 26.9 Å². The number of ether oxygens (including phenoxy) is 3. The fourth-order valence-electron chi connectivity index (χ4n) is 2.18. The molecule has 6 heteroatoms. The molecule has 0 radical (unpaired) electrons. The first-order chi connectivity index (χ1) is 9.63. The number of aliphatic hydroxyl groups is 2. The molecule has 2 rings (SSSR count). The highest BCUT2D eigenvalue weighted by atomic mass is 16.5. The van der Waals surface area contributed by atoms with Crippen molar-refractivity contribution >= 4 is 0 Å². The number of fused-ring (bicyclic) bond motifs is 1. The summed E-state index contributed by atoms with van der Waals surface area (Å²) in [7, 11) is 1.60. The van der Waals surface area contributed by atoms with Gasteiger partial charge in [-0.15, -0.1) is 0 Å². The van der Waals surface area contributed by atoms with Gasteiger partial charge in [0.05, 0.1) is 26.9 Å². The van der Waals surface area contributed by atoms with Gasteiger partial charge in [-0.3, -0.25) is 0 Å². The van der Waals surface area contributed by atoms with Gasteiger partial charge in [-0.05, 0) is 6.07 Å². The summed E-state index contributed by atoms with van der Waals surface area (Å²) in [5.74, 6) is 1.42. The molecule has 3 atom stereocenters. The Kier molecular flexibility index (Phi) is 5.19. The molecule has 4 N–H and O–H groups in total. The standard InChI is InChI=1S/C14H21NO5/c1-18-10-2-3-12-13(15)4-11(20-14(12)5-10)8-19-7-9(17)6-16/h2-3,5,9,11,13,16-17H,4,6-8,15H2,1H3/t9-,11+,13+/m1/s1. The van der Waals surface area contributed by atoms with E-state index in [0.29, 0.717) is 24.5 Å². The fourth-order valence-corrected chi connectivity index (χ4v) is 2.18. The van der Waals surface area contributed by atoms with Crippen LogP contribution in [-0.4, -0.2) is 49.4 Å². The normalized spacial score (nSPS) is 22.8. The first-order valence-electron chi connectivity index (χ1n) is 6.61. The van der Waals surface area contributed by atoms with E-state index in [1.165, 1.54) is 0 Å². The summed E-state index contributed by atoms with van der Waals surface area (Å²) < 4.78 is 16.3. The summed E-state index contributed by atoms with van der Waals surface area (Å²) in [5, 5.41) is 17.9. The van der Waals surface area contributed by atoms with E-state index >= 15 is 0 Å². The summed E-state index contributed by atoms with van der Waals surface area (Å²) in [5.41, 5.74) is 7.08. The van der Waals surface area contributed by atoms with Crippen molar-refractivity contribution in [3.63, 3.8) is 0 Å². The van der Waals surface area contributed by atoms with Crippen molar-refractivity contribution in [2.45, 2.75) is 24.7 Å². The van der Waals surface area contributed by atoms with Crippen LogP contribution in [0.3, 0.4) is 0 Å². The van der Waals surface area contributed by atoms with Gasteiger partial charge in [0, 0.05) is 24.1 Å². The van der Waals surface area contributed by atoms with Crippen LogP contribution in [0.1, 0.15) is 18.0 Å². The number of benzene rings is 1. The van der Waals surface area contributed by atoms with E-state index in [4.69, 9.17) is 25.1 Å². The number of rotatable bonds is 6. The van der Waals surface area contributed by atoms with E-state index in [-0.39, 0.29) is 25.4 Å². The largest absolute Gasteiger partial charge is 0.497 e. The van der Waals surface area contributed by atoms with Gasteiger partial charge >= 0.3 is 0 Å². The smallest absolute Gasteiger partial charge is 0.128 e. The van der Waals surface area contributed by atoms with Crippen molar-refractivity contribution in [3.8, 4) is 11.5 Å². The van der Waals surface area contributed by atoms with E-state index in [9.17, 15) is 5.11 Å². The molecular formula is C14H21NO5. The second-order valence-electron chi connectivity index (χ2n) is 4.86. The lowest BCUT2D eigenvalue weighted by Crippen LogP contribution is -2.34. The van der Waals surface area contributed by atoms with Crippen molar-refractivity contribution in [1.82, 2.24) is 0 Å². The van der Waals surface area contributed by atoms with E-state index in [0.717, 1.165) is 5.56 Å². The van der Waals surface area contributed by atoms with Gasteiger partial charge in [0.2, 0.25) is 0 Å². The van der Waals surface area contributed by atoms with Crippen LogP contribution in [0.4, 0.5) is 0 Å². The van der Waals surface area contributed by atoms with Gasteiger partial charge in [-0.25, -0.2) is 0 Å². The maximum absolute atomic E-state index is 9.21. The number of nitrogens with two attached hydrogens (primary N) is 1. The van der Waals surface area contributed by atoms with Crippen LogP contribution in [0.25, 0.3) is 0 Å². The Morgan fingerprint density at radius 3 is 3.00 bits per heavy atom. The molecule has 6 nitrogen and oxygen atoms in total. The van der Waals surface area contributed by atoms with Crippen molar-refractivity contribution in [3.05, 3.63) is 23.8 Å². The van der Waals surface area contributed by atoms with Crippen LogP contribution >= 0.6 is 0 Å². The predicted molar refractivity (Wildman–Crippen MR) is 72.9 cm³/mol. The zero-order chi connectivity index (χ0) is 14.5. The van der Waals surface area contributed by atoms with Crippen LogP contribution in [0, 0.1) is 0 Å². The summed E-state index contributed by atoms with van der Waals surface area (Å²) in [6.07, 6.45) is -0.385. The minimum absolute atomic E-state index is 0.0799. The minimum Gasteiger partial charge on any atom is -0.497 e. The zero-order valence-electron chi connectivity index (χ0n) is 11.5. The van der Waals surface area contributed by atoms with Gasteiger partial charge in [0.15, 0.2) is 0 Å². The Morgan fingerprint density at radius 1 is 1.50 bits per heavy atom. The van der Waals surface area contributed by atoms with Crippen molar-refractivity contribution < 1.29 is 24.4 Å². The molecule has 0 aromatic heterocycles. The zero-order valence-corrected chi connectivity index (χ0v) is 11.5. The lowest BCUT2D eigenvalue weighted by Gasteiger charge is -2.30. The Bertz CT molecular complexity index is 440. The predicted octanol–water partition coefficient (Wildman–Crippen LogP) is 0.216. The Labute approximate surface area is 118 Å². The average Bonchev–Trinajstić information content (AvgIpc) is 2.46. The second-order valence-corrected chi connectivity index (χ2v) is 4.86. The third-order valence-electron chi connectivity index (χ3n) is 3.26. The average molecular weight is 283 g/mol. The van der Waals surface area contributed by atoms with Crippen LogP contribution in [0.15, 0.2) is 18.2 Å². The molecule has 0 unspecified atom stereocenters. The minimum atomic E-state index is -0.861. The molecule has 0 saturated carbocycles. The van der Waals surface area contributed by atoms with Crippen molar-refractivity contribution in [2.24, 2.45) is 5.73 Å². The highest BCUT2D eigenvalue weighted by Gasteiger charge is 2.26. The maximum atomic E-state index is 9.21. The van der Waals surface area contributed by atoms with Gasteiger partial charge in [-0.1, -0.05) is 6.07 Å². The monoisotopic (exact) mass is 283 g/mol. The molecule has 20 heavy (non-hydrogen) atoms. The topological polar surface area (TPSA) is 94.2 Å². The van der Waals surface area contributed by atoms with Gasteiger partial charge in [-0.2, -0.15) is 0 Å². The first-order valence-corrected chi connectivity index (χ1v) is 6.61. The number of hydrogen-bond acceptors (Lipinski definition) is 6. The molecule has 112 valence electrons. The van der Waals surface area contributed by atoms with Crippen molar-refractivity contribution in [1.29, 1.82) is 0 Å². The maximum Gasteiger partial charge on any atom is 0.128 e.